The number of rotatable bonds is 0. The van der Waals surface area contributed by atoms with Crippen molar-refractivity contribution < 1.29 is 0 Å². The van der Waals surface area contributed by atoms with Crippen molar-refractivity contribution >= 4 is 0 Å². The zero-order chi connectivity index (χ0) is 12.9. The number of nitrogens with two attached hydrogens (primary N) is 1. The fourth-order valence-electron chi connectivity index (χ4n) is 10.5. The summed E-state index contributed by atoms with van der Waals surface area (Å²) in [5.41, 5.74) is 7.98. The highest BCUT2D eigenvalue weighted by molar-refractivity contribution is 5.28. The van der Waals surface area contributed by atoms with E-state index in [2.05, 4.69) is 0 Å². The van der Waals surface area contributed by atoms with Gasteiger partial charge in [-0.25, -0.2) is 0 Å². The first-order valence-corrected chi connectivity index (χ1v) is 9.47. The monoisotopic (exact) mass is 269 g/mol. The average molecular weight is 269 g/mol. The highest BCUT2D eigenvalue weighted by Gasteiger charge is 2.78. The van der Waals surface area contributed by atoms with Gasteiger partial charge in [0.15, 0.2) is 0 Å². The lowest BCUT2D eigenvalue weighted by Crippen LogP contribution is -2.77. The molecule has 10 aliphatic rings. The van der Waals surface area contributed by atoms with Crippen molar-refractivity contribution in [2.75, 3.05) is 0 Å². The van der Waals surface area contributed by atoms with Gasteiger partial charge in [0.05, 0.1) is 0 Å². The zero-order valence-corrected chi connectivity index (χ0v) is 12.4. The van der Waals surface area contributed by atoms with E-state index >= 15 is 0 Å². The van der Waals surface area contributed by atoms with E-state index in [4.69, 9.17) is 5.73 Å². The van der Waals surface area contributed by atoms with E-state index in [1.807, 2.05) is 0 Å². The summed E-state index contributed by atoms with van der Waals surface area (Å²) in [5.74, 6) is 10.2. The highest BCUT2D eigenvalue weighted by atomic mass is 14.9. The maximum Gasteiger partial charge on any atom is 0.0165 e. The molecule has 0 radical (unpaired) electrons. The molecule has 0 aliphatic heterocycles. The minimum absolute atomic E-state index is 0.280. The van der Waals surface area contributed by atoms with Crippen LogP contribution in [0.1, 0.15) is 51.4 Å². The number of hydrogen-bond donors (Lipinski definition) is 1. The second-order valence-corrected chi connectivity index (χ2v) is 10.3. The molecule has 11 bridgehead atoms. The maximum atomic E-state index is 6.94. The molecule has 1 nitrogen and oxygen atoms in total. The van der Waals surface area contributed by atoms with E-state index in [0.29, 0.717) is 0 Å². The normalized spacial score (nSPS) is 77.5. The third kappa shape index (κ3) is 0.850. The molecule has 10 fully saturated rings. The Morgan fingerprint density at radius 1 is 0.750 bits per heavy atom. The molecule has 108 valence electrons. The third-order valence-electron chi connectivity index (χ3n) is 10.1. The van der Waals surface area contributed by atoms with Crippen molar-refractivity contribution in [1.29, 1.82) is 0 Å². The largest absolute Gasteiger partial charge is 0.325 e. The van der Waals surface area contributed by atoms with Gasteiger partial charge < -0.3 is 5.73 Å². The lowest BCUT2D eigenvalue weighted by atomic mass is 9.25. The molecule has 20 heavy (non-hydrogen) atoms. The highest BCUT2D eigenvalue weighted by Crippen LogP contribution is 2.83. The second kappa shape index (κ2) is 2.77. The molecule has 10 saturated carbocycles. The van der Waals surface area contributed by atoms with Gasteiger partial charge in [-0.3, -0.25) is 0 Å². The van der Waals surface area contributed by atoms with Crippen LogP contribution < -0.4 is 5.73 Å². The molecule has 0 saturated heterocycles. The molecule has 1 spiro atoms. The van der Waals surface area contributed by atoms with Crippen LogP contribution in [0.3, 0.4) is 0 Å². The molecule has 0 aromatic rings. The van der Waals surface area contributed by atoms with E-state index in [0.717, 1.165) is 52.8 Å². The predicted octanol–water partition coefficient (Wildman–Crippen LogP) is 3.43. The van der Waals surface area contributed by atoms with Crippen LogP contribution >= 0.6 is 0 Å². The summed E-state index contributed by atoms with van der Waals surface area (Å²) in [4.78, 5) is 0. The molecular formula is C19H27N. The number of fused-ring (bicyclic) bond motifs is 1. The first kappa shape index (κ1) is 10.6. The molecule has 0 aromatic heterocycles. The molecule has 2 N–H and O–H groups in total. The first-order valence-electron chi connectivity index (χ1n) is 9.47. The van der Waals surface area contributed by atoms with Crippen molar-refractivity contribution in [2.45, 2.75) is 56.9 Å². The topological polar surface area (TPSA) is 26.0 Å². The van der Waals surface area contributed by atoms with E-state index in [9.17, 15) is 0 Å². The summed E-state index contributed by atoms with van der Waals surface area (Å²) >= 11 is 0. The molecule has 0 heterocycles. The molecule has 10 aliphatic carbocycles. The molecule has 0 amide bonds. The van der Waals surface area contributed by atoms with Crippen LogP contribution in [0.25, 0.3) is 0 Å². The van der Waals surface area contributed by atoms with Gasteiger partial charge in [0.25, 0.3) is 0 Å². The van der Waals surface area contributed by atoms with Crippen LogP contribution in [0.2, 0.25) is 0 Å². The third-order valence-corrected chi connectivity index (χ3v) is 10.1. The Balaban J connectivity index is 1.55. The summed E-state index contributed by atoms with van der Waals surface area (Å²) in [5, 5.41) is 0. The minimum Gasteiger partial charge on any atom is -0.325 e. The Morgan fingerprint density at radius 2 is 1.40 bits per heavy atom. The van der Waals surface area contributed by atoms with Crippen molar-refractivity contribution in [3.8, 4) is 0 Å². The minimum atomic E-state index is 0.280. The number of hydrogen-bond acceptors (Lipinski definition) is 1. The molecule has 0 aromatic carbocycles. The summed E-state index contributed by atoms with van der Waals surface area (Å²) < 4.78 is 0. The standard InChI is InChI=1S/C19H27N/c20-18-6-14-11-5-10-12-3-9-1-2-19(8-18,16(12)14)17(13(10)4-9)15(11)7-18/h9-17H,1-8,20H2. The molecule has 6 atom stereocenters. The second-order valence-electron chi connectivity index (χ2n) is 10.3. The predicted molar refractivity (Wildman–Crippen MR) is 77.7 cm³/mol. The summed E-state index contributed by atoms with van der Waals surface area (Å²) in [6.07, 6.45) is 12.4. The van der Waals surface area contributed by atoms with Crippen molar-refractivity contribution in [3.63, 3.8) is 0 Å². The van der Waals surface area contributed by atoms with Gasteiger partial charge in [0.1, 0.15) is 0 Å². The van der Waals surface area contributed by atoms with Gasteiger partial charge in [0.2, 0.25) is 0 Å². The van der Waals surface area contributed by atoms with Crippen LogP contribution in [-0.4, -0.2) is 5.54 Å². The van der Waals surface area contributed by atoms with Gasteiger partial charge in [-0.2, -0.15) is 0 Å². The molecule has 6 unspecified atom stereocenters. The lowest BCUT2D eigenvalue weighted by molar-refractivity contribution is -0.311. The molecular weight excluding hydrogens is 242 g/mol. The quantitative estimate of drug-likeness (QED) is 0.716. The molecule has 1 heteroatoms. The Bertz CT molecular complexity index is 492. The van der Waals surface area contributed by atoms with Crippen LogP contribution in [0.15, 0.2) is 0 Å². The van der Waals surface area contributed by atoms with Gasteiger partial charge in [-0.15, -0.1) is 0 Å². The van der Waals surface area contributed by atoms with Gasteiger partial charge in [-0.05, 0) is 110 Å². The van der Waals surface area contributed by atoms with Crippen LogP contribution in [0.4, 0.5) is 0 Å². The fraction of sp³-hybridized carbons (Fsp3) is 1.00. The van der Waals surface area contributed by atoms with Crippen LogP contribution in [0.5, 0.6) is 0 Å². The Kier molecular flexibility index (Phi) is 1.48. The average Bonchev–Trinajstić information content (AvgIpc) is 2.62. The molecule has 10 rings (SSSR count). The Labute approximate surface area is 122 Å². The fourth-order valence-corrected chi connectivity index (χ4v) is 10.5. The van der Waals surface area contributed by atoms with Gasteiger partial charge >= 0.3 is 0 Å². The SMILES string of the molecule is NC12CC3C4CC5C6CC7CCC(C1)(C63)C(C5C7)C4C2. The lowest BCUT2D eigenvalue weighted by Gasteiger charge is -2.80. The zero-order valence-electron chi connectivity index (χ0n) is 12.4. The van der Waals surface area contributed by atoms with E-state index in [1.165, 1.54) is 25.2 Å². The van der Waals surface area contributed by atoms with E-state index in [-0.39, 0.29) is 5.54 Å². The Morgan fingerprint density at radius 3 is 2.10 bits per heavy atom. The van der Waals surface area contributed by atoms with Gasteiger partial charge in [0, 0.05) is 5.54 Å². The van der Waals surface area contributed by atoms with Crippen LogP contribution in [-0.2, 0) is 0 Å². The van der Waals surface area contributed by atoms with Crippen molar-refractivity contribution in [3.05, 3.63) is 0 Å². The maximum absolute atomic E-state index is 6.94. The van der Waals surface area contributed by atoms with Crippen molar-refractivity contribution in [2.24, 2.45) is 64.4 Å². The summed E-state index contributed by atoms with van der Waals surface area (Å²) in [6, 6.07) is 0. The van der Waals surface area contributed by atoms with Crippen LogP contribution in [0, 0.1) is 58.7 Å². The smallest absolute Gasteiger partial charge is 0.0165 e. The first-order chi connectivity index (χ1) is 9.69. The Hall–Kier alpha value is -0.0400. The van der Waals surface area contributed by atoms with Crippen molar-refractivity contribution in [1.82, 2.24) is 0 Å². The summed E-state index contributed by atoms with van der Waals surface area (Å²) in [7, 11) is 0. The van der Waals surface area contributed by atoms with E-state index in [1.54, 1.807) is 32.1 Å². The van der Waals surface area contributed by atoms with E-state index < -0.39 is 0 Å². The van der Waals surface area contributed by atoms with Gasteiger partial charge in [-0.1, -0.05) is 0 Å². The summed E-state index contributed by atoms with van der Waals surface area (Å²) in [6.45, 7) is 0.